The summed E-state index contributed by atoms with van der Waals surface area (Å²) < 4.78 is 16.4. The molecule has 0 bridgehead atoms. The fraction of sp³-hybridized carbons (Fsp3) is 0.250. The maximum absolute atomic E-state index is 12.4. The standard InChI is InChI=1S/C20H20N4O4/c1-26-15-5-2-3-6-16(15)28-19-13-18(21-14-22-19)23-8-10-24(11-9-23)20(25)17-7-4-12-27-17/h2-7,12-14H,8-11H2,1H3. The van der Waals surface area contributed by atoms with Gasteiger partial charge in [0.05, 0.1) is 13.4 Å². The molecule has 3 heterocycles. The van der Waals surface area contributed by atoms with Crippen molar-refractivity contribution in [2.75, 3.05) is 38.2 Å². The molecule has 144 valence electrons. The SMILES string of the molecule is COc1ccccc1Oc1cc(N2CCN(C(=O)c3ccco3)CC2)ncn1. The zero-order valence-corrected chi connectivity index (χ0v) is 15.4. The van der Waals surface area contributed by atoms with Crippen LogP contribution in [0.1, 0.15) is 10.6 Å². The molecule has 1 aliphatic rings. The highest BCUT2D eigenvalue weighted by Gasteiger charge is 2.24. The van der Waals surface area contributed by atoms with E-state index in [9.17, 15) is 4.79 Å². The zero-order valence-electron chi connectivity index (χ0n) is 15.4. The first-order valence-electron chi connectivity index (χ1n) is 8.95. The molecule has 1 aliphatic heterocycles. The lowest BCUT2D eigenvalue weighted by Gasteiger charge is -2.34. The zero-order chi connectivity index (χ0) is 19.3. The smallest absolute Gasteiger partial charge is 0.289 e. The molecule has 0 spiro atoms. The van der Waals surface area contributed by atoms with Gasteiger partial charge in [-0.15, -0.1) is 0 Å². The lowest BCUT2D eigenvalue weighted by atomic mass is 10.3. The Kier molecular flexibility index (Phi) is 5.09. The van der Waals surface area contributed by atoms with Crippen molar-refractivity contribution in [3.8, 4) is 17.4 Å². The minimum Gasteiger partial charge on any atom is -0.493 e. The fourth-order valence-corrected chi connectivity index (χ4v) is 3.07. The molecule has 3 aromatic rings. The summed E-state index contributed by atoms with van der Waals surface area (Å²) in [6.45, 7) is 2.51. The number of para-hydroxylation sites is 2. The fourth-order valence-electron chi connectivity index (χ4n) is 3.07. The van der Waals surface area contributed by atoms with E-state index in [4.69, 9.17) is 13.9 Å². The number of ether oxygens (including phenoxy) is 2. The molecule has 0 radical (unpaired) electrons. The number of amides is 1. The highest BCUT2D eigenvalue weighted by Crippen LogP contribution is 2.30. The molecule has 28 heavy (non-hydrogen) atoms. The summed E-state index contributed by atoms with van der Waals surface area (Å²) >= 11 is 0. The van der Waals surface area contributed by atoms with Gasteiger partial charge in [-0.05, 0) is 24.3 Å². The number of furan rings is 1. The molecule has 0 saturated carbocycles. The third kappa shape index (κ3) is 3.75. The lowest BCUT2D eigenvalue weighted by molar-refractivity contribution is 0.0714. The van der Waals surface area contributed by atoms with Crippen LogP contribution in [-0.2, 0) is 0 Å². The largest absolute Gasteiger partial charge is 0.493 e. The van der Waals surface area contributed by atoms with E-state index in [-0.39, 0.29) is 5.91 Å². The first-order chi connectivity index (χ1) is 13.7. The van der Waals surface area contributed by atoms with Crippen LogP contribution in [0.5, 0.6) is 17.4 Å². The van der Waals surface area contributed by atoms with Crippen LogP contribution in [0.25, 0.3) is 0 Å². The molecule has 8 nitrogen and oxygen atoms in total. The summed E-state index contributed by atoms with van der Waals surface area (Å²) in [5.41, 5.74) is 0. The van der Waals surface area contributed by atoms with E-state index in [0.29, 0.717) is 49.3 Å². The van der Waals surface area contributed by atoms with Gasteiger partial charge in [0.2, 0.25) is 5.88 Å². The molecule has 0 aliphatic carbocycles. The number of methoxy groups -OCH3 is 1. The summed E-state index contributed by atoms with van der Waals surface area (Å²) in [7, 11) is 1.59. The van der Waals surface area contributed by atoms with Crippen molar-refractivity contribution in [2.45, 2.75) is 0 Å². The second-order valence-electron chi connectivity index (χ2n) is 6.22. The van der Waals surface area contributed by atoms with Crippen molar-refractivity contribution in [1.29, 1.82) is 0 Å². The Balaban J connectivity index is 1.42. The van der Waals surface area contributed by atoms with Crippen LogP contribution in [0.15, 0.2) is 59.5 Å². The summed E-state index contributed by atoms with van der Waals surface area (Å²) in [4.78, 5) is 24.8. The number of carbonyl (C=O) groups excluding carboxylic acids is 1. The minimum atomic E-state index is -0.0902. The third-order valence-corrected chi connectivity index (χ3v) is 4.53. The monoisotopic (exact) mass is 380 g/mol. The molecular weight excluding hydrogens is 360 g/mol. The number of carbonyl (C=O) groups is 1. The first kappa shape index (κ1) is 17.8. The van der Waals surface area contributed by atoms with Crippen molar-refractivity contribution >= 4 is 11.7 Å². The number of aromatic nitrogens is 2. The van der Waals surface area contributed by atoms with E-state index in [0.717, 1.165) is 5.82 Å². The second-order valence-corrected chi connectivity index (χ2v) is 6.22. The normalized spacial score (nSPS) is 14.0. The second kappa shape index (κ2) is 7.99. The maximum Gasteiger partial charge on any atom is 0.289 e. The number of rotatable bonds is 5. The van der Waals surface area contributed by atoms with Gasteiger partial charge >= 0.3 is 0 Å². The number of anilines is 1. The van der Waals surface area contributed by atoms with Gasteiger partial charge in [-0.2, -0.15) is 0 Å². The lowest BCUT2D eigenvalue weighted by Crippen LogP contribution is -2.49. The summed E-state index contributed by atoms with van der Waals surface area (Å²) in [5.74, 6) is 2.68. The van der Waals surface area contributed by atoms with Crippen LogP contribution < -0.4 is 14.4 Å². The Morgan fingerprint density at radius 2 is 1.82 bits per heavy atom. The van der Waals surface area contributed by atoms with Gasteiger partial charge < -0.3 is 23.7 Å². The van der Waals surface area contributed by atoms with Crippen molar-refractivity contribution < 1.29 is 18.7 Å². The number of piperazine rings is 1. The quantitative estimate of drug-likeness (QED) is 0.673. The van der Waals surface area contributed by atoms with Crippen molar-refractivity contribution in [3.05, 3.63) is 60.8 Å². The Morgan fingerprint density at radius 3 is 2.54 bits per heavy atom. The molecule has 1 amide bonds. The Morgan fingerprint density at radius 1 is 1.04 bits per heavy atom. The van der Waals surface area contributed by atoms with Crippen molar-refractivity contribution in [1.82, 2.24) is 14.9 Å². The molecule has 1 fully saturated rings. The number of hydrogen-bond acceptors (Lipinski definition) is 7. The maximum atomic E-state index is 12.4. The topological polar surface area (TPSA) is 80.9 Å². The molecule has 8 heteroatoms. The highest BCUT2D eigenvalue weighted by molar-refractivity contribution is 5.91. The summed E-state index contributed by atoms with van der Waals surface area (Å²) in [5, 5.41) is 0. The molecule has 0 N–H and O–H groups in total. The Labute approximate surface area is 162 Å². The Hall–Kier alpha value is -3.55. The van der Waals surface area contributed by atoms with Gasteiger partial charge in [0, 0.05) is 32.2 Å². The molecule has 0 atom stereocenters. The van der Waals surface area contributed by atoms with Crippen LogP contribution in [0.3, 0.4) is 0 Å². The van der Waals surface area contributed by atoms with E-state index >= 15 is 0 Å². The van der Waals surface area contributed by atoms with E-state index in [1.807, 2.05) is 24.3 Å². The first-order valence-corrected chi connectivity index (χ1v) is 8.95. The molecule has 1 aromatic carbocycles. The van der Waals surface area contributed by atoms with Crippen LogP contribution in [0.2, 0.25) is 0 Å². The van der Waals surface area contributed by atoms with Gasteiger partial charge in [0.15, 0.2) is 17.3 Å². The van der Waals surface area contributed by atoms with Crippen LogP contribution in [-0.4, -0.2) is 54.1 Å². The van der Waals surface area contributed by atoms with Gasteiger partial charge in [-0.3, -0.25) is 4.79 Å². The van der Waals surface area contributed by atoms with Gasteiger partial charge in [0.1, 0.15) is 12.1 Å². The minimum absolute atomic E-state index is 0.0902. The molecular formula is C20H20N4O4. The molecule has 1 saturated heterocycles. The predicted molar refractivity (Wildman–Crippen MR) is 102 cm³/mol. The average molecular weight is 380 g/mol. The van der Waals surface area contributed by atoms with E-state index in [2.05, 4.69) is 14.9 Å². The summed E-state index contributed by atoms with van der Waals surface area (Å²) in [6.07, 6.45) is 2.98. The van der Waals surface area contributed by atoms with E-state index < -0.39 is 0 Å². The average Bonchev–Trinajstić information content (AvgIpc) is 3.29. The third-order valence-electron chi connectivity index (χ3n) is 4.53. The number of hydrogen-bond donors (Lipinski definition) is 0. The van der Waals surface area contributed by atoms with Crippen molar-refractivity contribution in [3.63, 3.8) is 0 Å². The summed E-state index contributed by atoms with van der Waals surface area (Å²) in [6, 6.07) is 12.6. The predicted octanol–water partition coefficient (Wildman–Crippen LogP) is 2.83. The highest BCUT2D eigenvalue weighted by atomic mass is 16.5. The van der Waals surface area contributed by atoms with Gasteiger partial charge in [-0.25, -0.2) is 9.97 Å². The molecule has 2 aromatic heterocycles. The Bertz CT molecular complexity index is 937. The number of benzene rings is 1. The van der Waals surface area contributed by atoms with E-state index in [1.165, 1.54) is 12.6 Å². The van der Waals surface area contributed by atoms with Crippen LogP contribution in [0.4, 0.5) is 5.82 Å². The van der Waals surface area contributed by atoms with Crippen LogP contribution >= 0.6 is 0 Å². The van der Waals surface area contributed by atoms with E-state index in [1.54, 1.807) is 30.2 Å². The van der Waals surface area contributed by atoms with Gasteiger partial charge in [-0.1, -0.05) is 12.1 Å². The van der Waals surface area contributed by atoms with Crippen molar-refractivity contribution in [2.24, 2.45) is 0 Å². The van der Waals surface area contributed by atoms with Crippen LogP contribution in [0, 0.1) is 0 Å². The number of nitrogens with zero attached hydrogens (tertiary/aromatic N) is 4. The molecule has 0 unspecified atom stereocenters. The van der Waals surface area contributed by atoms with Gasteiger partial charge in [0.25, 0.3) is 5.91 Å². The molecule has 4 rings (SSSR count).